The summed E-state index contributed by atoms with van der Waals surface area (Å²) in [6.45, 7) is 4.06. The Kier molecular flexibility index (Phi) is 3.20. The fourth-order valence-electron chi connectivity index (χ4n) is 1.58. The second-order valence-corrected chi connectivity index (χ2v) is 4.10. The minimum absolute atomic E-state index is 0.0486. The topological polar surface area (TPSA) is 71.6 Å². The summed E-state index contributed by atoms with van der Waals surface area (Å²) < 4.78 is 1.37. The van der Waals surface area contributed by atoms with E-state index in [0.29, 0.717) is 5.56 Å². The van der Waals surface area contributed by atoms with E-state index in [9.17, 15) is 4.79 Å². The summed E-state index contributed by atoms with van der Waals surface area (Å²) in [7, 11) is 0. The minimum atomic E-state index is -0.0486. The van der Waals surface area contributed by atoms with Crippen LogP contribution in [0.5, 0.6) is 0 Å². The van der Waals surface area contributed by atoms with Gasteiger partial charge in [0.15, 0.2) is 5.78 Å². The first-order chi connectivity index (χ1) is 8.60. The van der Waals surface area contributed by atoms with E-state index >= 15 is 0 Å². The zero-order chi connectivity index (χ0) is 13.1. The number of hydrogen-bond acceptors (Lipinski definition) is 4. The summed E-state index contributed by atoms with van der Waals surface area (Å²) in [6.07, 6.45) is 1.39. The van der Waals surface area contributed by atoms with Crippen molar-refractivity contribution in [3.63, 3.8) is 0 Å². The van der Waals surface area contributed by atoms with Gasteiger partial charge < -0.3 is 0 Å². The summed E-state index contributed by atoms with van der Waals surface area (Å²) in [5.74, 6) is 0.0235. The lowest BCUT2D eigenvalue weighted by molar-refractivity contribution is 0.0967. The normalized spacial score (nSPS) is 10.1. The average Bonchev–Trinajstić information content (AvgIpc) is 2.80. The van der Waals surface area contributed by atoms with Gasteiger partial charge in [-0.2, -0.15) is 5.26 Å². The Labute approximate surface area is 105 Å². The van der Waals surface area contributed by atoms with Gasteiger partial charge in [0.25, 0.3) is 5.82 Å². The molecule has 0 unspecified atom stereocenters. The summed E-state index contributed by atoms with van der Waals surface area (Å²) in [4.78, 5) is 15.8. The highest BCUT2D eigenvalue weighted by Gasteiger charge is 2.09. The Morgan fingerprint density at radius 2 is 2.17 bits per heavy atom. The van der Waals surface area contributed by atoms with E-state index in [1.165, 1.54) is 11.0 Å². The molecule has 0 radical (unpaired) electrons. The van der Waals surface area contributed by atoms with Gasteiger partial charge in [-0.1, -0.05) is 12.1 Å². The second-order valence-electron chi connectivity index (χ2n) is 4.10. The molecule has 0 N–H and O–H groups in total. The first-order valence-electron chi connectivity index (χ1n) is 5.50. The predicted molar refractivity (Wildman–Crippen MR) is 65.0 cm³/mol. The Morgan fingerprint density at radius 1 is 1.39 bits per heavy atom. The third-order valence-corrected chi connectivity index (χ3v) is 2.77. The van der Waals surface area contributed by atoms with Gasteiger partial charge in [-0.05, 0) is 31.0 Å². The molecule has 90 valence electrons. The van der Waals surface area contributed by atoms with Crippen molar-refractivity contribution in [2.45, 2.75) is 20.4 Å². The monoisotopic (exact) mass is 240 g/mol. The Hall–Kier alpha value is -2.48. The summed E-state index contributed by atoms with van der Waals surface area (Å²) >= 11 is 0. The van der Waals surface area contributed by atoms with Crippen LogP contribution in [0.1, 0.15) is 27.3 Å². The van der Waals surface area contributed by atoms with Crippen LogP contribution in [0.2, 0.25) is 0 Å². The van der Waals surface area contributed by atoms with E-state index in [4.69, 9.17) is 5.26 Å². The van der Waals surface area contributed by atoms with Crippen LogP contribution < -0.4 is 0 Å². The molecular weight excluding hydrogens is 228 g/mol. The minimum Gasteiger partial charge on any atom is -0.292 e. The molecule has 0 spiro atoms. The Bertz CT molecular complexity index is 637. The van der Waals surface area contributed by atoms with Gasteiger partial charge in [-0.15, -0.1) is 5.10 Å². The number of ketones is 1. The fraction of sp³-hybridized carbons (Fsp3) is 0.231. The number of carbonyl (C=O) groups excluding carboxylic acids is 1. The molecule has 0 amide bonds. The van der Waals surface area contributed by atoms with Crippen LogP contribution in [0.25, 0.3) is 0 Å². The Morgan fingerprint density at radius 3 is 2.78 bits per heavy atom. The molecule has 0 atom stereocenters. The molecule has 0 bridgehead atoms. The SMILES string of the molecule is Cc1ccc(C(=O)Cn2cnc(C#N)n2)cc1C. The van der Waals surface area contributed by atoms with E-state index in [-0.39, 0.29) is 18.2 Å². The van der Waals surface area contributed by atoms with Crippen LogP contribution in [-0.2, 0) is 6.54 Å². The van der Waals surface area contributed by atoms with E-state index < -0.39 is 0 Å². The van der Waals surface area contributed by atoms with Gasteiger partial charge in [0.05, 0.1) is 0 Å². The maximum absolute atomic E-state index is 12.0. The molecule has 0 aliphatic heterocycles. The van der Waals surface area contributed by atoms with Crippen molar-refractivity contribution in [2.24, 2.45) is 0 Å². The molecule has 2 rings (SSSR count). The first kappa shape index (κ1) is 12.0. The summed E-state index contributed by atoms with van der Waals surface area (Å²) in [6, 6.07) is 7.40. The number of carbonyl (C=O) groups is 1. The molecule has 18 heavy (non-hydrogen) atoms. The van der Waals surface area contributed by atoms with Gasteiger partial charge in [0.2, 0.25) is 0 Å². The maximum Gasteiger partial charge on any atom is 0.252 e. The lowest BCUT2D eigenvalue weighted by Gasteiger charge is -2.04. The highest BCUT2D eigenvalue weighted by Crippen LogP contribution is 2.11. The van der Waals surface area contributed by atoms with Crippen molar-refractivity contribution in [3.05, 3.63) is 47.0 Å². The molecule has 1 aromatic carbocycles. The van der Waals surface area contributed by atoms with Gasteiger partial charge in [0, 0.05) is 5.56 Å². The highest BCUT2D eigenvalue weighted by molar-refractivity contribution is 5.96. The molecule has 0 aliphatic carbocycles. The number of nitrogens with zero attached hydrogens (tertiary/aromatic N) is 4. The van der Waals surface area contributed by atoms with Crippen molar-refractivity contribution in [3.8, 4) is 6.07 Å². The molecule has 0 saturated heterocycles. The predicted octanol–water partition coefficient (Wildman–Crippen LogP) is 1.65. The molecule has 5 heteroatoms. The molecule has 5 nitrogen and oxygen atoms in total. The maximum atomic E-state index is 12.0. The van der Waals surface area contributed by atoms with Gasteiger partial charge >= 0.3 is 0 Å². The van der Waals surface area contributed by atoms with Gasteiger partial charge in [-0.25, -0.2) is 9.67 Å². The third-order valence-electron chi connectivity index (χ3n) is 2.77. The second kappa shape index (κ2) is 4.80. The van der Waals surface area contributed by atoms with Crippen LogP contribution in [0, 0.1) is 25.2 Å². The number of benzene rings is 1. The van der Waals surface area contributed by atoms with Crippen LogP contribution in [0.15, 0.2) is 24.5 Å². The largest absolute Gasteiger partial charge is 0.292 e. The standard InChI is InChI=1S/C13H12N4O/c1-9-3-4-11(5-10(9)2)12(18)7-17-8-15-13(6-14)16-17/h3-5,8H,7H2,1-2H3. The van der Waals surface area contributed by atoms with Crippen LogP contribution in [0.4, 0.5) is 0 Å². The molecule has 0 fully saturated rings. The summed E-state index contributed by atoms with van der Waals surface area (Å²) in [5, 5.41) is 12.5. The average molecular weight is 240 g/mol. The number of Topliss-reactive ketones (excluding diaryl/α,β-unsaturated/α-hetero) is 1. The third kappa shape index (κ3) is 2.43. The van der Waals surface area contributed by atoms with Crippen molar-refractivity contribution in [1.82, 2.24) is 14.8 Å². The Balaban J connectivity index is 2.17. The van der Waals surface area contributed by atoms with E-state index in [1.807, 2.05) is 32.0 Å². The molecule has 1 heterocycles. The molecule has 1 aromatic heterocycles. The van der Waals surface area contributed by atoms with E-state index in [2.05, 4.69) is 10.1 Å². The number of hydrogen-bond donors (Lipinski definition) is 0. The lowest BCUT2D eigenvalue weighted by atomic mass is 10.0. The van der Waals surface area contributed by atoms with Crippen molar-refractivity contribution >= 4 is 5.78 Å². The quantitative estimate of drug-likeness (QED) is 0.765. The number of aromatic nitrogens is 3. The van der Waals surface area contributed by atoms with Crippen molar-refractivity contribution < 1.29 is 4.79 Å². The first-order valence-corrected chi connectivity index (χ1v) is 5.50. The van der Waals surface area contributed by atoms with Gasteiger partial charge in [0.1, 0.15) is 18.9 Å². The summed E-state index contributed by atoms with van der Waals surface area (Å²) in [5.41, 5.74) is 2.88. The smallest absolute Gasteiger partial charge is 0.252 e. The van der Waals surface area contributed by atoms with Gasteiger partial charge in [-0.3, -0.25) is 4.79 Å². The number of nitriles is 1. The zero-order valence-corrected chi connectivity index (χ0v) is 10.2. The lowest BCUT2D eigenvalue weighted by Crippen LogP contribution is -2.11. The van der Waals surface area contributed by atoms with Crippen molar-refractivity contribution in [1.29, 1.82) is 5.26 Å². The zero-order valence-electron chi connectivity index (χ0n) is 10.2. The van der Waals surface area contributed by atoms with Crippen LogP contribution in [-0.4, -0.2) is 20.5 Å². The fourth-order valence-corrected chi connectivity index (χ4v) is 1.58. The molecular formula is C13H12N4O. The van der Waals surface area contributed by atoms with E-state index in [1.54, 1.807) is 6.07 Å². The molecule has 0 saturated carbocycles. The number of aryl methyl sites for hydroxylation is 2. The van der Waals surface area contributed by atoms with Crippen molar-refractivity contribution in [2.75, 3.05) is 0 Å². The molecule has 2 aromatic rings. The van der Waals surface area contributed by atoms with Crippen LogP contribution >= 0.6 is 0 Å². The molecule has 0 aliphatic rings. The van der Waals surface area contributed by atoms with Crippen LogP contribution in [0.3, 0.4) is 0 Å². The number of rotatable bonds is 3. The highest BCUT2D eigenvalue weighted by atomic mass is 16.1. The van der Waals surface area contributed by atoms with E-state index in [0.717, 1.165) is 11.1 Å².